The summed E-state index contributed by atoms with van der Waals surface area (Å²) in [5.74, 6) is 0. The highest BCUT2D eigenvalue weighted by atomic mass is 15.2. The predicted molar refractivity (Wildman–Crippen MR) is 615 cm³/mol. The second kappa shape index (κ2) is 33.3. The standard InChI is InChI=1S/C74H51N.C70H49N/c1-4-47-20-8-9-23-54(47)50-36-41-59-56-25-15-18-32-66(56)74(69(59)44-50)67-33-19-16-26-57(67)60-42-37-51(45-70(60)74)71-61-27-10-12-29-63(61)72(64-30-13-11-28-62(64)71)75(52-38-34-49(35-39-52)48-21-6-5-7-22-48)53-40-43-58-55-24-14-17-31-65(55)73(2,3)68(58)46-53;1-4-45-18-8-9-21-52(45)48-32-37-59-56-24-13-16-28-63(56)70(66(59)42-48)64-29-17-14-25-57(64)60-38-33-49(43-67(60)70)53-40-41-68(61-26-11-10-22-54(53)61)71(50-34-30-47(31-35-50)46-19-6-5-7-20-46)51-36-39-58-55-23-12-15-27-62(55)69(2,3)65(58)44-51/h4-46H,1H2,2-3H3;4-44H,1H2,2-3H3. The lowest BCUT2D eigenvalue weighted by Gasteiger charge is -2.32. The molecule has 0 bridgehead atoms. The molecule has 0 radical (unpaired) electrons. The maximum absolute atomic E-state index is 4.22. The molecule has 6 aliphatic rings. The maximum Gasteiger partial charge on any atom is 0.0725 e. The molecule has 0 aromatic heterocycles. The van der Waals surface area contributed by atoms with Crippen LogP contribution >= 0.6 is 0 Å². The Morgan fingerprint density at radius 3 is 0.836 bits per heavy atom. The van der Waals surface area contributed by atoms with E-state index < -0.39 is 10.8 Å². The fourth-order valence-corrected chi connectivity index (χ4v) is 26.6. The summed E-state index contributed by atoms with van der Waals surface area (Å²) < 4.78 is 0. The summed E-state index contributed by atoms with van der Waals surface area (Å²) in [6.45, 7) is 17.9. The van der Waals surface area contributed by atoms with E-state index >= 15 is 0 Å². The first kappa shape index (κ1) is 85.9. The predicted octanol–water partition coefficient (Wildman–Crippen LogP) is 38.4. The third-order valence-corrected chi connectivity index (χ3v) is 33.1. The summed E-state index contributed by atoms with van der Waals surface area (Å²) >= 11 is 0. The molecule has 0 saturated carbocycles. The molecule has 146 heavy (non-hydrogen) atoms. The summed E-state index contributed by atoms with van der Waals surface area (Å²) in [6.07, 6.45) is 3.95. The summed E-state index contributed by atoms with van der Waals surface area (Å²) in [5.41, 5.74) is 53.8. The Labute approximate surface area is 853 Å². The SMILES string of the molecule is C=Cc1ccccc1-c1ccc2c(c1)C1(c3ccccc3-2)c2ccccc2-c2ccc(-c3c4ccccc4c(N(c4ccc(-c5ccccc5)cc4)c4ccc5c(c4)C(C)(C)c4ccccc4-5)c4ccccc34)cc21.C=Cc1ccccc1-c1ccc2c(c1)C1(c3ccccc3-2)c2ccccc2-c2ccc(-c3ccc(N(c4ccc(-c5ccccc5)cc4)c4ccc5c(c4)C(C)(C)c4ccccc4-5)c4ccccc34)cc21. The number of anilines is 6. The Morgan fingerprint density at radius 2 is 0.432 bits per heavy atom. The third kappa shape index (κ3) is 12.7. The van der Waals surface area contributed by atoms with Gasteiger partial charge in [0.05, 0.1) is 22.2 Å². The van der Waals surface area contributed by atoms with E-state index in [1.54, 1.807) is 0 Å². The van der Waals surface area contributed by atoms with Crippen LogP contribution in [0.2, 0.25) is 0 Å². The molecule has 0 heterocycles. The molecule has 0 saturated heterocycles. The van der Waals surface area contributed by atoms with Gasteiger partial charge in [0, 0.05) is 49.7 Å². The molecule has 0 N–H and O–H groups in total. The van der Waals surface area contributed by atoms with Gasteiger partial charge in [-0.15, -0.1) is 0 Å². The highest BCUT2D eigenvalue weighted by Crippen LogP contribution is 2.68. The first-order valence-corrected chi connectivity index (χ1v) is 51.1. The Hall–Kier alpha value is -18.1. The molecule has 2 spiro atoms. The smallest absolute Gasteiger partial charge is 0.0725 e. The zero-order chi connectivity index (χ0) is 97.4. The van der Waals surface area contributed by atoms with Crippen molar-refractivity contribution in [2.45, 2.75) is 49.4 Å². The van der Waals surface area contributed by atoms with Gasteiger partial charge in [-0.1, -0.05) is 472 Å². The van der Waals surface area contributed by atoms with E-state index in [1.807, 2.05) is 12.2 Å². The molecule has 29 rings (SSSR count). The molecule has 0 aliphatic heterocycles. The minimum absolute atomic E-state index is 0.140. The van der Waals surface area contributed by atoms with Crippen molar-refractivity contribution >= 4 is 78.6 Å². The van der Waals surface area contributed by atoms with Crippen LogP contribution in [0.25, 0.3) is 178 Å². The number of rotatable bonds is 14. The van der Waals surface area contributed by atoms with Crippen LogP contribution in [0.4, 0.5) is 34.1 Å². The van der Waals surface area contributed by atoms with Crippen LogP contribution in [0.5, 0.6) is 0 Å². The van der Waals surface area contributed by atoms with Gasteiger partial charge in [0.2, 0.25) is 0 Å². The van der Waals surface area contributed by atoms with Crippen LogP contribution in [0.15, 0.2) is 511 Å². The number of hydrogen-bond donors (Lipinski definition) is 0. The van der Waals surface area contributed by atoms with Crippen LogP contribution in [0.1, 0.15) is 106 Å². The molecule has 2 heteroatoms. The van der Waals surface area contributed by atoms with Gasteiger partial charge in [0.15, 0.2) is 0 Å². The third-order valence-electron chi connectivity index (χ3n) is 33.1. The monoisotopic (exact) mass is 1860 g/mol. The first-order valence-electron chi connectivity index (χ1n) is 51.1. The zero-order valence-corrected chi connectivity index (χ0v) is 81.8. The molecular formula is C144H100N2. The fraction of sp³-hybridized carbons (Fsp3) is 0.0556. The lowest BCUT2D eigenvalue weighted by molar-refractivity contribution is 0.660. The van der Waals surface area contributed by atoms with Gasteiger partial charge >= 0.3 is 0 Å². The van der Waals surface area contributed by atoms with Gasteiger partial charge < -0.3 is 9.80 Å². The molecule has 2 nitrogen and oxygen atoms in total. The van der Waals surface area contributed by atoms with Crippen LogP contribution in [0.3, 0.4) is 0 Å². The lowest BCUT2D eigenvalue weighted by atomic mass is 9.69. The average molecular weight is 1860 g/mol. The Kier molecular flexibility index (Phi) is 19.6. The lowest BCUT2D eigenvalue weighted by Crippen LogP contribution is -2.26. The van der Waals surface area contributed by atoms with Gasteiger partial charge in [0.1, 0.15) is 0 Å². The van der Waals surface area contributed by atoms with Crippen molar-refractivity contribution in [3.63, 3.8) is 0 Å². The van der Waals surface area contributed by atoms with E-state index in [0.717, 1.165) is 39.6 Å². The van der Waals surface area contributed by atoms with E-state index in [9.17, 15) is 0 Å². The fourth-order valence-electron chi connectivity index (χ4n) is 26.6. The largest absolute Gasteiger partial charge is 0.310 e. The molecule has 686 valence electrons. The minimum Gasteiger partial charge on any atom is -0.310 e. The summed E-state index contributed by atoms with van der Waals surface area (Å²) in [6, 6.07) is 186. The van der Waals surface area contributed by atoms with Crippen LogP contribution in [-0.2, 0) is 21.7 Å². The van der Waals surface area contributed by atoms with Crippen LogP contribution < -0.4 is 9.80 Å². The van der Waals surface area contributed by atoms with Gasteiger partial charge in [0.25, 0.3) is 0 Å². The highest BCUT2D eigenvalue weighted by Gasteiger charge is 2.54. The number of nitrogens with zero attached hydrogens (tertiary/aromatic N) is 2. The van der Waals surface area contributed by atoms with E-state index in [2.05, 4.69) is 548 Å². The van der Waals surface area contributed by atoms with Crippen molar-refractivity contribution in [3.8, 4) is 134 Å². The van der Waals surface area contributed by atoms with E-state index in [-0.39, 0.29) is 10.8 Å². The Balaban J connectivity index is 0.000000142. The van der Waals surface area contributed by atoms with Crippen molar-refractivity contribution in [1.29, 1.82) is 0 Å². The van der Waals surface area contributed by atoms with Crippen molar-refractivity contribution in [3.05, 3.63) is 588 Å². The molecule has 2 atom stereocenters. The highest BCUT2D eigenvalue weighted by molar-refractivity contribution is 6.23. The molecule has 6 aliphatic carbocycles. The van der Waals surface area contributed by atoms with Gasteiger partial charge in [-0.2, -0.15) is 0 Å². The van der Waals surface area contributed by atoms with Crippen LogP contribution in [-0.4, -0.2) is 0 Å². The van der Waals surface area contributed by atoms with Crippen molar-refractivity contribution < 1.29 is 0 Å². The van der Waals surface area contributed by atoms with Crippen molar-refractivity contribution in [2.24, 2.45) is 0 Å². The number of hydrogen-bond acceptors (Lipinski definition) is 2. The number of fused-ring (bicyclic) bond motifs is 29. The minimum atomic E-state index is -0.539. The second-order valence-electron chi connectivity index (χ2n) is 41.1. The van der Waals surface area contributed by atoms with Crippen molar-refractivity contribution in [2.75, 3.05) is 9.80 Å². The van der Waals surface area contributed by atoms with Gasteiger partial charge in [-0.3, -0.25) is 0 Å². The molecule has 0 fully saturated rings. The molecule has 0 amide bonds. The van der Waals surface area contributed by atoms with E-state index in [1.165, 1.54) is 238 Å². The normalized spacial score (nSPS) is 15.1. The summed E-state index contributed by atoms with van der Waals surface area (Å²) in [7, 11) is 0. The molecular weight excluding hydrogens is 1760 g/mol. The second-order valence-corrected chi connectivity index (χ2v) is 41.1. The first-order chi connectivity index (χ1) is 71.9. The average Bonchev–Trinajstić information content (AvgIpc) is 1.51. The Bertz CT molecular complexity index is 9330. The maximum atomic E-state index is 4.22. The van der Waals surface area contributed by atoms with E-state index in [4.69, 9.17) is 0 Å². The zero-order valence-electron chi connectivity index (χ0n) is 81.8. The quantitative estimate of drug-likeness (QED) is 0.100. The van der Waals surface area contributed by atoms with Gasteiger partial charge in [-0.05, 0) is 306 Å². The molecule has 2 unspecified atom stereocenters. The van der Waals surface area contributed by atoms with Gasteiger partial charge in [-0.25, -0.2) is 0 Å². The molecule has 23 aromatic carbocycles. The summed E-state index contributed by atoms with van der Waals surface area (Å²) in [4.78, 5) is 5.01. The topological polar surface area (TPSA) is 6.48 Å². The number of benzene rings is 23. The molecule has 23 aromatic rings. The van der Waals surface area contributed by atoms with Crippen LogP contribution in [0, 0.1) is 0 Å². The van der Waals surface area contributed by atoms with E-state index in [0.29, 0.717) is 0 Å². The summed E-state index contributed by atoms with van der Waals surface area (Å²) in [5, 5.41) is 7.23. The Morgan fingerprint density at radius 1 is 0.171 bits per heavy atom. The van der Waals surface area contributed by atoms with Crippen molar-refractivity contribution in [1.82, 2.24) is 0 Å².